The fraction of sp³-hybridized carbons (Fsp3) is 0.529. The molecule has 1 aromatic carbocycles. The summed E-state index contributed by atoms with van der Waals surface area (Å²) in [6.07, 6.45) is 3.79. The third kappa shape index (κ3) is 5.32. The average molecular weight is 321 g/mol. The van der Waals surface area contributed by atoms with Crippen molar-refractivity contribution in [2.45, 2.75) is 38.6 Å². The van der Waals surface area contributed by atoms with Gasteiger partial charge in [-0.05, 0) is 43.5 Å². The number of carbonyl (C=O) groups excluding carboxylic acids is 2. The van der Waals surface area contributed by atoms with Crippen LogP contribution < -0.4 is 10.6 Å². The highest BCUT2D eigenvalue weighted by Gasteiger charge is 2.27. The van der Waals surface area contributed by atoms with Crippen LogP contribution in [0.3, 0.4) is 0 Å². The van der Waals surface area contributed by atoms with Gasteiger partial charge in [0.1, 0.15) is 5.82 Å². The number of rotatable bonds is 6. The number of unbranched alkanes of at least 4 members (excludes halogenated alkanes) is 1. The van der Waals surface area contributed by atoms with Crippen molar-refractivity contribution in [2.75, 3.05) is 19.6 Å². The lowest BCUT2D eigenvalue weighted by molar-refractivity contribution is -0.121. The number of benzene rings is 1. The van der Waals surface area contributed by atoms with Crippen LogP contribution in [0.1, 0.15) is 44.2 Å². The molecule has 0 bridgehead atoms. The molecule has 0 aromatic heterocycles. The Morgan fingerprint density at radius 2 is 2.04 bits per heavy atom. The Bertz CT molecular complexity index is 533. The second-order valence-corrected chi connectivity index (χ2v) is 5.84. The number of nitrogens with zero attached hydrogens (tertiary/aromatic N) is 1. The monoisotopic (exact) mass is 321 g/mol. The van der Waals surface area contributed by atoms with Crippen molar-refractivity contribution >= 4 is 11.9 Å². The largest absolute Gasteiger partial charge is 0.338 e. The number of nitrogens with one attached hydrogen (secondary N) is 2. The van der Waals surface area contributed by atoms with E-state index in [2.05, 4.69) is 10.6 Å². The first-order valence-corrected chi connectivity index (χ1v) is 8.17. The van der Waals surface area contributed by atoms with Gasteiger partial charge in [0.15, 0.2) is 0 Å². The number of hydrogen-bond acceptors (Lipinski definition) is 3. The summed E-state index contributed by atoms with van der Waals surface area (Å²) in [5.41, 5.74) is 1.00. The van der Waals surface area contributed by atoms with E-state index in [9.17, 15) is 14.0 Å². The molecule has 6 heteroatoms. The van der Waals surface area contributed by atoms with Crippen LogP contribution in [0.4, 0.5) is 9.18 Å². The number of imide groups is 1. The van der Waals surface area contributed by atoms with E-state index in [-0.39, 0.29) is 24.3 Å². The van der Waals surface area contributed by atoms with Crippen LogP contribution in [0.25, 0.3) is 0 Å². The third-order valence-corrected chi connectivity index (χ3v) is 4.03. The lowest BCUT2D eigenvalue weighted by Gasteiger charge is -2.24. The summed E-state index contributed by atoms with van der Waals surface area (Å²) in [7, 11) is 0. The standard InChI is InChI=1S/C17H24FN3O2/c1-2-3-10-19-17(23)20-16(22)12-21-11-4-5-15(21)13-6-8-14(18)9-7-13/h6-9,15H,2-5,10-12H2,1H3,(H2,19,20,22,23). The summed E-state index contributed by atoms with van der Waals surface area (Å²) in [5.74, 6) is -0.576. The zero-order valence-corrected chi connectivity index (χ0v) is 13.5. The zero-order valence-electron chi connectivity index (χ0n) is 13.5. The summed E-state index contributed by atoms with van der Waals surface area (Å²) >= 11 is 0. The Morgan fingerprint density at radius 3 is 2.74 bits per heavy atom. The normalized spacial score (nSPS) is 17.9. The first-order valence-electron chi connectivity index (χ1n) is 8.17. The summed E-state index contributed by atoms with van der Waals surface area (Å²) in [4.78, 5) is 25.6. The molecule has 5 nitrogen and oxygen atoms in total. The van der Waals surface area contributed by atoms with Gasteiger partial charge in [-0.3, -0.25) is 15.0 Å². The Hall–Kier alpha value is -1.95. The van der Waals surface area contributed by atoms with Gasteiger partial charge >= 0.3 is 6.03 Å². The zero-order chi connectivity index (χ0) is 16.7. The fourth-order valence-corrected chi connectivity index (χ4v) is 2.85. The van der Waals surface area contributed by atoms with Crippen molar-refractivity contribution in [1.82, 2.24) is 15.5 Å². The van der Waals surface area contributed by atoms with E-state index in [0.717, 1.165) is 37.8 Å². The molecule has 0 aliphatic carbocycles. The van der Waals surface area contributed by atoms with Crippen LogP contribution >= 0.6 is 0 Å². The number of carbonyl (C=O) groups is 2. The lowest BCUT2D eigenvalue weighted by Crippen LogP contribution is -2.44. The molecule has 126 valence electrons. The van der Waals surface area contributed by atoms with E-state index >= 15 is 0 Å². The Balaban J connectivity index is 1.84. The molecule has 3 amide bonds. The molecule has 1 fully saturated rings. The van der Waals surface area contributed by atoms with Crippen LogP contribution in [0, 0.1) is 5.82 Å². The molecule has 1 atom stereocenters. The Morgan fingerprint density at radius 1 is 1.30 bits per heavy atom. The predicted molar refractivity (Wildman–Crippen MR) is 86.4 cm³/mol. The Kier molecular flexibility index (Phi) is 6.52. The number of halogens is 1. The highest BCUT2D eigenvalue weighted by atomic mass is 19.1. The van der Waals surface area contributed by atoms with Gasteiger partial charge in [0.2, 0.25) is 5.91 Å². The molecule has 0 radical (unpaired) electrons. The SMILES string of the molecule is CCCCNC(=O)NC(=O)CN1CCCC1c1ccc(F)cc1. The molecule has 0 saturated carbocycles. The second kappa shape index (κ2) is 8.62. The molecule has 1 aromatic rings. The molecule has 2 N–H and O–H groups in total. The number of hydrogen-bond donors (Lipinski definition) is 2. The van der Waals surface area contributed by atoms with E-state index in [1.165, 1.54) is 12.1 Å². The average Bonchev–Trinajstić information content (AvgIpc) is 2.96. The minimum absolute atomic E-state index is 0.101. The predicted octanol–water partition coefficient (Wildman–Crippen LogP) is 2.59. The van der Waals surface area contributed by atoms with Gasteiger partial charge in [-0.15, -0.1) is 0 Å². The third-order valence-electron chi connectivity index (χ3n) is 4.03. The molecule has 23 heavy (non-hydrogen) atoms. The van der Waals surface area contributed by atoms with Gasteiger partial charge in [0.05, 0.1) is 6.54 Å². The van der Waals surface area contributed by atoms with Crippen molar-refractivity contribution in [3.63, 3.8) is 0 Å². The van der Waals surface area contributed by atoms with E-state index in [1.807, 2.05) is 11.8 Å². The molecular formula is C17H24FN3O2. The summed E-state index contributed by atoms with van der Waals surface area (Å²) < 4.78 is 13.0. The molecule has 1 saturated heterocycles. The van der Waals surface area contributed by atoms with Gasteiger partial charge in [0, 0.05) is 12.6 Å². The van der Waals surface area contributed by atoms with Gasteiger partial charge < -0.3 is 5.32 Å². The minimum atomic E-state index is -0.444. The van der Waals surface area contributed by atoms with Crippen molar-refractivity contribution in [3.8, 4) is 0 Å². The molecule has 1 aliphatic heterocycles. The maximum atomic E-state index is 13.0. The lowest BCUT2D eigenvalue weighted by atomic mass is 10.0. The van der Waals surface area contributed by atoms with Gasteiger partial charge in [-0.25, -0.2) is 9.18 Å². The van der Waals surface area contributed by atoms with Crippen LogP contribution in [0.15, 0.2) is 24.3 Å². The van der Waals surface area contributed by atoms with Gasteiger partial charge in [-0.2, -0.15) is 0 Å². The van der Waals surface area contributed by atoms with Crippen molar-refractivity contribution in [1.29, 1.82) is 0 Å². The maximum absolute atomic E-state index is 13.0. The van der Waals surface area contributed by atoms with Crippen LogP contribution in [-0.4, -0.2) is 36.5 Å². The summed E-state index contributed by atoms with van der Waals surface area (Å²) in [6.45, 7) is 3.57. The molecule has 1 heterocycles. The van der Waals surface area contributed by atoms with Gasteiger partial charge in [-0.1, -0.05) is 25.5 Å². The number of urea groups is 1. The van der Waals surface area contributed by atoms with Crippen molar-refractivity contribution in [2.24, 2.45) is 0 Å². The van der Waals surface area contributed by atoms with E-state index in [1.54, 1.807) is 12.1 Å². The summed E-state index contributed by atoms with van der Waals surface area (Å²) in [6, 6.07) is 6.05. The fourth-order valence-electron chi connectivity index (χ4n) is 2.85. The topological polar surface area (TPSA) is 61.4 Å². The van der Waals surface area contributed by atoms with Crippen LogP contribution in [0.5, 0.6) is 0 Å². The molecule has 1 unspecified atom stereocenters. The smallest absolute Gasteiger partial charge is 0.321 e. The van der Waals surface area contributed by atoms with Crippen LogP contribution in [-0.2, 0) is 4.79 Å². The van der Waals surface area contributed by atoms with Crippen molar-refractivity contribution in [3.05, 3.63) is 35.6 Å². The van der Waals surface area contributed by atoms with E-state index in [4.69, 9.17) is 0 Å². The quantitative estimate of drug-likeness (QED) is 0.792. The summed E-state index contributed by atoms with van der Waals surface area (Å²) in [5, 5.41) is 5.01. The molecule has 1 aliphatic rings. The second-order valence-electron chi connectivity index (χ2n) is 5.84. The van der Waals surface area contributed by atoms with Crippen LogP contribution in [0.2, 0.25) is 0 Å². The first kappa shape index (κ1) is 17.4. The molecular weight excluding hydrogens is 297 g/mol. The van der Waals surface area contributed by atoms with Gasteiger partial charge in [0.25, 0.3) is 0 Å². The van der Waals surface area contributed by atoms with E-state index < -0.39 is 6.03 Å². The van der Waals surface area contributed by atoms with Crippen molar-refractivity contribution < 1.29 is 14.0 Å². The van der Waals surface area contributed by atoms with E-state index in [0.29, 0.717) is 6.54 Å². The molecule has 2 rings (SSSR count). The minimum Gasteiger partial charge on any atom is -0.338 e. The number of amides is 3. The Labute approximate surface area is 136 Å². The highest BCUT2D eigenvalue weighted by molar-refractivity contribution is 5.95. The highest BCUT2D eigenvalue weighted by Crippen LogP contribution is 2.31. The number of likely N-dealkylation sites (tertiary alicyclic amines) is 1. The first-order chi connectivity index (χ1) is 11.1. The molecule has 0 spiro atoms. The maximum Gasteiger partial charge on any atom is 0.321 e.